The number of thioether (sulfide) groups is 1. The monoisotopic (exact) mass is 483 g/mol. The van der Waals surface area contributed by atoms with Crippen LogP contribution >= 0.6 is 23.1 Å². The van der Waals surface area contributed by atoms with Crippen LogP contribution in [0.25, 0.3) is 15.9 Å². The molecular weight excluding hydrogens is 465 g/mol. The molecule has 0 spiro atoms. The zero-order valence-electron chi connectivity index (χ0n) is 17.4. The van der Waals surface area contributed by atoms with Crippen molar-refractivity contribution < 1.29 is 18.7 Å². The highest BCUT2D eigenvalue weighted by atomic mass is 32.2. The van der Waals surface area contributed by atoms with Crippen LogP contribution in [-0.4, -0.2) is 33.8 Å². The summed E-state index contributed by atoms with van der Waals surface area (Å²) in [6, 6.07) is 13.9. The molecule has 4 rings (SSSR count). The molecule has 10 heteroatoms. The molecule has 0 aliphatic rings. The van der Waals surface area contributed by atoms with Crippen molar-refractivity contribution in [3.63, 3.8) is 0 Å². The second-order valence-electron chi connectivity index (χ2n) is 6.76. The van der Waals surface area contributed by atoms with Gasteiger partial charge in [-0.15, -0.1) is 11.3 Å². The fourth-order valence-electron chi connectivity index (χ4n) is 3.07. The number of anilines is 1. The summed E-state index contributed by atoms with van der Waals surface area (Å²) in [7, 11) is 0. The Balaban J connectivity index is 1.54. The average molecular weight is 484 g/mol. The highest BCUT2D eigenvalue weighted by Gasteiger charge is 2.18. The topological polar surface area (TPSA) is 90.3 Å². The molecule has 1 amide bonds. The van der Waals surface area contributed by atoms with Crippen LogP contribution < -0.4 is 10.9 Å². The van der Waals surface area contributed by atoms with Gasteiger partial charge in [0.1, 0.15) is 10.5 Å². The number of para-hydroxylation sites is 1. The maximum absolute atomic E-state index is 14.5. The van der Waals surface area contributed by atoms with E-state index in [1.54, 1.807) is 48.7 Å². The molecule has 7 nitrogen and oxygen atoms in total. The summed E-state index contributed by atoms with van der Waals surface area (Å²) in [5, 5.41) is 4.68. The summed E-state index contributed by atoms with van der Waals surface area (Å²) < 4.78 is 21.0. The number of hydrogen-bond donors (Lipinski definition) is 1. The van der Waals surface area contributed by atoms with Crippen molar-refractivity contribution >= 4 is 50.9 Å². The molecule has 0 atom stereocenters. The van der Waals surface area contributed by atoms with E-state index in [0.29, 0.717) is 21.5 Å². The Labute approximate surface area is 196 Å². The maximum Gasteiger partial charge on any atom is 0.338 e. The van der Waals surface area contributed by atoms with E-state index >= 15 is 0 Å². The molecule has 0 bridgehead atoms. The summed E-state index contributed by atoms with van der Waals surface area (Å²) >= 11 is 2.26. The summed E-state index contributed by atoms with van der Waals surface area (Å²) in [6.45, 7) is 2.00. The largest absolute Gasteiger partial charge is 0.462 e. The van der Waals surface area contributed by atoms with Crippen molar-refractivity contribution in [1.29, 1.82) is 0 Å². The number of esters is 1. The van der Waals surface area contributed by atoms with Crippen LogP contribution in [0.1, 0.15) is 17.3 Å². The van der Waals surface area contributed by atoms with Gasteiger partial charge in [0.15, 0.2) is 5.16 Å². The van der Waals surface area contributed by atoms with Gasteiger partial charge in [-0.05, 0) is 54.8 Å². The van der Waals surface area contributed by atoms with E-state index in [1.807, 2.05) is 0 Å². The number of fused-ring (bicyclic) bond motifs is 1. The second-order valence-corrected chi connectivity index (χ2v) is 8.61. The Bertz CT molecular complexity index is 1380. The van der Waals surface area contributed by atoms with E-state index in [9.17, 15) is 18.8 Å². The number of halogens is 1. The molecule has 1 N–H and O–H groups in total. The normalized spacial score (nSPS) is 10.8. The molecule has 0 radical (unpaired) electrons. The molecule has 33 heavy (non-hydrogen) atoms. The van der Waals surface area contributed by atoms with Crippen LogP contribution in [0.5, 0.6) is 0 Å². The summed E-state index contributed by atoms with van der Waals surface area (Å²) in [5.41, 5.74) is 1.06. The molecule has 4 aromatic rings. The minimum Gasteiger partial charge on any atom is -0.462 e. The first-order chi connectivity index (χ1) is 16.0. The van der Waals surface area contributed by atoms with E-state index in [2.05, 4.69) is 10.3 Å². The van der Waals surface area contributed by atoms with Crippen LogP contribution in [0, 0.1) is 5.82 Å². The zero-order valence-corrected chi connectivity index (χ0v) is 19.0. The summed E-state index contributed by atoms with van der Waals surface area (Å²) in [5.74, 6) is -1.41. The average Bonchev–Trinajstić information content (AvgIpc) is 3.28. The maximum atomic E-state index is 14.5. The second kappa shape index (κ2) is 9.97. The Morgan fingerprint density at radius 3 is 2.64 bits per heavy atom. The van der Waals surface area contributed by atoms with Gasteiger partial charge in [-0.1, -0.05) is 23.9 Å². The molecule has 0 saturated heterocycles. The van der Waals surface area contributed by atoms with Crippen LogP contribution in [-0.2, 0) is 9.53 Å². The molecule has 0 aliphatic carbocycles. The summed E-state index contributed by atoms with van der Waals surface area (Å²) in [4.78, 5) is 41.8. The molecule has 168 valence electrons. The lowest BCUT2D eigenvalue weighted by atomic mass is 10.2. The first-order valence-electron chi connectivity index (χ1n) is 9.93. The van der Waals surface area contributed by atoms with Crippen molar-refractivity contribution in [1.82, 2.24) is 9.55 Å². The molecule has 0 unspecified atom stereocenters. The molecule has 0 aliphatic heterocycles. The lowest BCUT2D eigenvalue weighted by molar-refractivity contribution is -0.113. The van der Waals surface area contributed by atoms with E-state index in [0.717, 1.165) is 11.8 Å². The number of carbonyl (C=O) groups excluding carboxylic acids is 2. The standard InChI is InChI=1S/C23H18FN3O4S2/c1-2-31-22(30)14-7-9-15(10-8-14)25-19(28)13-33-23-26-17-11-12-32-20(17)21(29)27(23)18-6-4-3-5-16(18)24/h3-12H,2,13H2,1H3,(H,25,28). The summed E-state index contributed by atoms with van der Waals surface area (Å²) in [6.07, 6.45) is 0. The third-order valence-corrected chi connectivity index (χ3v) is 6.38. The first kappa shape index (κ1) is 22.7. The zero-order chi connectivity index (χ0) is 23.4. The molecule has 2 aromatic heterocycles. The molecule has 2 aromatic carbocycles. The number of thiophene rings is 1. The van der Waals surface area contributed by atoms with Crippen LogP contribution in [0.2, 0.25) is 0 Å². The fraction of sp³-hybridized carbons (Fsp3) is 0.130. The van der Waals surface area contributed by atoms with Gasteiger partial charge < -0.3 is 10.1 Å². The Hall–Kier alpha value is -3.50. The minimum atomic E-state index is -0.565. The van der Waals surface area contributed by atoms with Crippen molar-refractivity contribution in [2.75, 3.05) is 17.7 Å². The van der Waals surface area contributed by atoms with Gasteiger partial charge in [0.05, 0.1) is 29.1 Å². The van der Waals surface area contributed by atoms with Crippen LogP contribution in [0.4, 0.5) is 10.1 Å². The predicted molar refractivity (Wildman–Crippen MR) is 127 cm³/mol. The number of nitrogens with one attached hydrogen (secondary N) is 1. The number of aromatic nitrogens is 2. The van der Waals surface area contributed by atoms with E-state index in [1.165, 1.54) is 34.1 Å². The van der Waals surface area contributed by atoms with Gasteiger partial charge >= 0.3 is 5.97 Å². The van der Waals surface area contributed by atoms with Crippen molar-refractivity contribution in [3.8, 4) is 5.69 Å². The fourth-order valence-corrected chi connectivity index (χ4v) is 4.63. The van der Waals surface area contributed by atoms with Gasteiger partial charge in [0.25, 0.3) is 5.56 Å². The third kappa shape index (κ3) is 4.96. The Morgan fingerprint density at radius 1 is 1.15 bits per heavy atom. The van der Waals surface area contributed by atoms with Gasteiger partial charge in [-0.25, -0.2) is 14.2 Å². The number of benzene rings is 2. The number of carbonyl (C=O) groups is 2. The number of rotatable bonds is 7. The smallest absolute Gasteiger partial charge is 0.338 e. The molecular formula is C23H18FN3O4S2. The van der Waals surface area contributed by atoms with Gasteiger partial charge in [-0.3, -0.25) is 14.2 Å². The van der Waals surface area contributed by atoms with Gasteiger partial charge in [0.2, 0.25) is 5.91 Å². The highest BCUT2D eigenvalue weighted by Crippen LogP contribution is 2.25. The van der Waals surface area contributed by atoms with Crippen molar-refractivity contribution in [3.05, 3.63) is 81.7 Å². The van der Waals surface area contributed by atoms with Crippen molar-refractivity contribution in [2.24, 2.45) is 0 Å². The molecule has 0 fully saturated rings. The number of nitrogens with zero attached hydrogens (tertiary/aromatic N) is 2. The number of ether oxygens (including phenoxy) is 1. The molecule has 0 saturated carbocycles. The first-order valence-corrected chi connectivity index (χ1v) is 11.8. The SMILES string of the molecule is CCOC(=O)c1ccc(NC(=O)CSc2nc3ccsc3c(=O)n2-c2ccccc2F)cc1. The van der Waals surface area contributed by atoms with Crippen LogP contribution in [0.15, 0.2) is 69.9 Å². The highest BCUT2D eigenvalue weighted by molar-refractivity contribution is 7.99. The van der Waals surface area contributed by atoms with E-state index in [-0.39, 0.29) is 29.1 Å². The number of amides is 1. The Kier molecular flexibility index (Phi) is 6.85. The van der Waals surface area contributed by atoms with E-state index < -0.39 is 17.3 Å². The Morgan fingerprint density at radius 2 is 1.91 bits per heavy atom. The van der Waals surface area contributed by atoms with Gasteiger partial charge in [0, 0.05) is 5.69 Å². The quantitative estimate of drug-likeness (QED) is 0.237. The third-order valence-electron chi connectivity index (χ3n) is 4.55. The van der Waals surface area contributed by atoms with Crippen molar-refractivity contribution in [2.45, 2.75) is 12.1 Å². The number of hydrogen-bond acceptors (Lipinski definition) is 7. The minimum absolute atomic E-state index is 0.0594. The molecule has 2 heterocycles. The lowest BCUT2D eigenvalue weighted by Gasteiger charge is -2.13. The lowest BCUT2D eigenvalue weighted by Crippen LogP contribution is -2.23. The van der Waals surface area contributed by atoms with Gasteiger partial charge in [-0.2, -0.15) is 0 Å². The van der Waals surface area contributed by atoms with Crippen LogP contribution in [0.3, 0.4) is 0 Å². The van der Waals surface area contributed by atoms with E-state index in [4.69, 9.17) is 4.74 Å². The predicted octanol–water partition coefficient (Wildman–Crippen LogP) is 4.49.